The van der Waals surface area contributed by atoms with Crippen molar-refractivity contribution in [1.29, 1.82) is 0 Å². The van der Waals surface area contributed by atoms with Gasteiger partial charge >= 0.3 is 6.18 Å². The van der Waals surface area contributed by atoms with Gasteiger partial charge in [0, 0.05) is 6.54 Å². The Labute approximate surface area is 274 Å². The molecule has 0 aliphatic carbocycles. The smallest absolute Gasteiger partial charge is 0.417 e. The van der Waals surface area contributed by atoms with Crippen molar-refractivity contribution in [3.05, 3.63) is 107 Å². The molecule has 0 spiro atoms. The molecule has 0 bridgehead atoms. The Bertz CT molecular complexity index is 2010. The third-order valence-corrected chi connectivity index (χ3v) is 8.71. The molecular formula is C32H31F3N8O4S. The molecule has 0 fully saturated rings. The van der Waals surface area contributed by atoms with Crippen LogP contribution in [0.3, 0.4) is 0 Å². The maximum absolute atomic E-state index is 14.6. The van der Waals surface area contributed by atoms with Crippen LogP contribution < -0.4 is 25.7 Å². The number of methoxy groups -OCH3 is 2. The van der Waals surface area contributed by atoms with Gasteiger partial charge in [-0.2, -0.15) is 18.0 Å². The fraction of sp³-hybridized carbons (Fsp3) is 0.188. The van der Waals surface area contributed by atoms with Gasteiger partial charge in [-0.15, -0.1) is 10.2 Å². The van der Waals surface area contributed by atoms with Gasteiger partial charge in [0.25, 0.3) is 0 Å². The number of halogens is 3. The van der Waals surface area contributed by atoms with E-state index in [1.54, 1.807) is 72.8 Å². The van der Waals surface area contributed by atoms with E-state index in [2.05, 4.69) is 25.1 Å². The lowest BCUT2D eigenvalue weighted by molar-refractivity contribution is -0.139. The molecule has 0 saturated heterocycles. The van der Waals surface area contributed by atoms with Crippen LogP contribution >= 0.6 is 0 Å². The van der Waals surface area contributed by atoms with Crippen molar-refractivity contribution in [2.45, 2.75) is 30.7 Å². The van der Waals surface area contributed by atoms with Crippen molar-refractivity contribution in [3.8, 4) is 34.0 Å². The summed E-state index contributed by atoms with van der Waals surface area (Å²) in [5.74, 6) is 0.730. The summed E-state index contributed by atoms with van der Waals surface area (Å²) in [6.07, 6.45) is -5.05. The molecule has 16 heteroatoms. The number of aromatic nitrogens is 4. The number of tetrazole rings is 1. The first kappa shape index (κ1) is 33.9. The molecule has 1 aromatic heterocycles. The molecule has 0 aliphatic heterocycles. The summed E-state index contributed by atoms with van der Waals surface area (Å²) < 4.78 is 84.4. The summed E-state index contributed by atoms with van der Waals surface area (Å²) in [6.45, 7) is -0.0361. The van der Waals surface area contributed by atoms with Crippen LogP contribution in [-0.4, -0.2) is 48.8 Å². The van der Waals surface area contributed by atoms with Crippen LogP contribution in [0.25, 0.3) is 22.5 Å². The molecule has 5 aromatic rings. The second-order valence-electron chi connectivity index (χ2n) is 10.5. The largest absolute Gasteiger partial charge is 0.497 e. The first-order valence-electron chi connectivity index (χ1n) is 14.3. The Kier molecular flexibility index (Phi) is 9.95. The maximum atomic E-state index is 14.6. The Morgan fingerprint density at radius 2 is 1.44 bits per heavy atom. The summed E-state index contributed by atoms with van der Waals surface area (Å²) in [7, 11) is -1.85. The maximum Gasteiger partial charge on any atom is 0.417 e. The minimum absolute atomic E-state index is 0.0998. The van der Waals surface area contributed by atoms with Gasteiger partial charge in [-0.25, -0.2) is 18.1 Å². The topological polar surface area (TPSA) is 173 Å². The Morgan fingerprint density at radius 1 is 0.854 bits per heavy atom. The second-order valence-corrected chi connectivity index (χ2v) is 12.2. The average Bonchev–Trinajstić information content (AvgIpc) is 3.54. The highest BCUT2D eigenvalue weighted by Crippen LogP contribution is 2.43. The molecule has 1 heterocycles. The first-order chi connectivity index (χ1) is 22.9. The molecule has 5 N–H and O–H groups in total. The molecule has 250 valence electrons. The highest BCUT2D eigenvalue weighted by atomic mass is 32.2. The number of sulfonamides is 1. The van der Waals surface area contributed by atoms with Gasteiger partial charge in [0.15, 0.2) is 5.96 Å². The lowest BCUT2D eigenvalue weighted by Gasteiger charge is -2.19. The van der Waals surface area contributed by atoms with Gasteiger partial charge in [0.05, 0.1) is 38.4 Å². The van der Waals surface area contributed by atoms with Gasteiger partial charge < -0.3 is 20.9 Å². The molecule has 0 radical (unpaired) electrons. The van der Waals surface area contributed by atoms with E-state index < -0.39 is 26.7 Å². The van der Waals surface area contributed by atoms with Crippen molar-refractivity contribution in [2.24, 2.45) is 16.5 Å². The number of rotatable bonds is 12. The lowest BCUT2D eigenvalue weighted by Crippen LogP contribution is -2.27. The van der Waals surface area contributed by atoms with E-state index in [4.69, 9.17) is 20.9 Å². The first-order valence-corrected chi connectivity index (χ1v) is 15.8. The van der Waals surface area contributed by atoms with Gasteiger partial charge in [-0.3, -0.25) is 0 Å². The van der Waals surface area contributed by atoms with Gasteiger partial charge in [-0.05, 0) is 63.4 Å². The number of alkyl halides is 3. The molecule has 12 nitrogen and oxygen atoms in total. The molecule has 0 amide bonds. The molecule has 0 saturated carbocycles. The summed E-state index contributed by atoms with van der Waals surface area (Å²) in [5, 5.41) is 12.4. The molecule has 0 aliphatic rings. The fourth-order valence-corrected chi connectivity index (χ4v) is 6.26. The molecule has 48 heavy (non-hydrogen) atoms. The minimum atomic E-state index is -5.05. The number of benzene rings is 4. The van der Waals surface area contributed by atoms with Crippen molar-refractivity contribution in [1.82, 2.24) is 24.9 Å². The number of hydrogen-bond donors (Lipinski definition) is 3. The van der Waals surface area contributed by atoms with E-state index in [-0.39, 0.29) is 42.5 Å². The summed E-state index contributed by atoms with van der Waals surface area (Å²) in [6, 6.07) is 21.9. The number of hydrogen-bond acceptors (Lipinski definition) is 8. The predicted molar refractivity (Wildman–Crippen MR) is 172 cm³/mol. The predicted octanol–water partition coefficient (Wildman–Crippen LogP) is 4.34. The highest BCUT2D eigenvalue weighted by molar-refractivity contribution is 7.89. The Hall–Kier alpha value is -5.48. The number of nitrogens with two attached hydrogens (primary N) is 2. The van der Waals surface area contributed by atoms with Crippen molar-refractivity contribution >= 4 is 16.0 Å². The van der Waals surface area contributed by atoms with E-state index in [0.29, 0.717) is 28.2 Å². The quantitative estimate of drug-likeness (QED) is 0.128. The van der Waals surface area contributed by atoms with E-state index in [0.717, 1.165) is 11.6 Å². The third-order valence-electron chi connectivity index (χ3n) is 7.23. The SMILES string of the molecule is COc1ccc(CNS(=O)(=O)c2c(C(F)(F)F)ccc(-c3ccc(CN=C(N)N)cc3)c2-c2nnn(Cc3ccc(OC)cc3)n2)cc1. The highest BCUT2D eigenvalue weighted by Gasteiger charge is 2.41. The molecule has 0 unspecified atom stereocenters. The summed E-state index contributed by atoms with van der Waals surface area (Å²) in [5.41, 5.74) is 11.6. The van der Waals surface area contributed by atoms with Gasteiger partial charge in [0.1, 0.15) is 16.4 Å². The zero-order valence-electron chi connectivity index (χ0n) is 25.8. The van der Waals surface area contributed by atoms with Crippen molar-refractivity contribution in [2.75, 3.05) is 14.2 Å². The van der Waals surface area contributed by atoms with Crippen molar-refractivity contribution < 1.29 is 31.1 Å². The Balaban J connectivity index is 1.65. The van der Waals surface area contributed by atoms with Crippen LogP contribution in [0.2, 0.25) is 0 Å². The zero-order chi connectivity index (χ0) is 34.5. The second kappa shape index (κ2) is 14.1. The van der Waals surface area contributed by atoms with Crippen LogP contribution in [0.5, 0.6) is 11.5 Å². The van der Waals surface area contributed by atoms with Crippen LogP contribution in [0.4, 0.5) is 13.2 Å². The molecule has 5 rings (SSSR count). The Morgan fingerprint density at radius 3 is 2.00 bits per heavy atom. The molecule has 0 atom stereocenters. The normalized spacial score (nSPS) is 11.7. The number of nitrogens with zero attached hydrogens (tertiary/aromatic N) is 5. The lowest BCUT2D eigenvalue weighted by atomic mass is 9.96. The van der Waals surface area contributed by atoms with Crippen LogP contribution in [0.15, 0.2) is 94.8 Å². The summed E-state index contributed by atoms with van der Waals surface area (Å²) >= 11 is 0. The van der Waals surface area contributed by atoms with E-state index in [9.17, 15) is 21.6 Å². The van der Waals surface area contributed by atoms with E-state index in [1.165, 1.54) is 25.1 Å². The van der Waals surface area contributed by atoms with Crippen molar-refractivity contribution in [3.63, 3.8) is 0 Å². The minimum Gasteiger partial charge on any atom is -0.497 e. The van der Waals surface area contributed by atoms with E-state index in [1.807, 2.05) is 0 Å². The molecule has 4 aromatic carbocycles. The van der Waals surface area contributed by atoms with E-state index >= 15 is 0 Å². The molecular weight excluding hydrogens is 649 g/mol. The monoisotopic (exact) mass is 680 g/mol. The van der Waals surface area contributed by atoms with Crippen LogP contribution in [0, 0.1) is 0 Å². The number of aliphatic imine (C=N–C) groups is 1. The number of nitrogens with one attached hydrogen (secondary N) is 1. The van der Waals surface area contributed by atoms with Crippen LogP contribution in [0.1, 0.15) is 22.3 Å². The fourth-order valence-electron chi connectivity index (χ4n) is 4.82. The average molecular weight is 681 g/mol. The number of ether oxygens (including phenoxy) is 2. The zero-order valence-corrected chi connectivity index (χ0v) is 26.6. The summed E-state index contributed by atoms with van der Waals surface area (Å²) in [4.78, 5) is 4.10. The van der Waals surface area contributed by atoms with Gasteiger partial charge in [-0.1, -0.05) is 54.6 Å². The standard InChI is InChI=1S/C32H31F3N8O4S/c1-46-24-11-5-21(6-12-24)18-39-48(44,45)29-27(32(33,34)35)16-15-26(23-9-3-20(4-10-23)17-38-31(36)37)28(29)30-40-42-43(41-30)19-22-7-13-25(47-2)14-8-22/h3-16,39H,17-19H2,1-2H3,(H4,36,37,38). The number of guanidine groups is 1. The van der Waals surface area contributed by atoms with Crippen LogP contribution in [-0.2, 0) is 35.8 Å². The third kappa shape index (κ3) is 7.90. The van der Waals surface area contributed by atoms with Gasteiger partial charge in [0.2, 0.25) is 15.8 Å².